The van der Waals surface area contributed by atoms with E-state index in [1.807, 2.05) is 0 Å². The van der Waals surface area contributed by atoms with Crippen LogP contribution in [0.5, 0.6) is 0 Å². The fraction of sp³-hybridized carbons (Fsp3) is 1.00. The summed E-state index contributed by atoms with van der Waals surface area (Å²) < 4.78 is 5.43. The number of hydrogen-bond acceptors (Lipinski definition) is 4. The van der Waals surface area contributed by atoms with Gasteiger partial charge in [0, 0.05) is 31.3 Å². The molecule has 0 aliphatic carbocycles. The molecule has 0 saturated carbocycles. The van der Waals surface area contributed by atoms with Gasteiger partial charge < -0.3 is 20.5 Å². The predicted molar refractivity (Wildman–Crippen MR) is 65.6 cm³/mol. The Morgan fingerprint density at radius 3 is 2.88 bits per heavy atom. The van der Waals surface area contributed by atoms with Crippen molar-refractivity contribution in [2.75, 3.05) is 26.4 Å². The van der Waals surface area contributed by atoms with Crippen LogP contribution in [-0.4, -0.2) is 49.6 Å². The molecule has 4 nitrogen and oxygen atoms in total. The molecule has 0 radical (unpaired) electrons. The van der Waals surface area contributed by atoms with Crippen molar-refractivity contribution in [1.29, 1.82) is 0 Å². The summed E-state index contributed by atoms with van der Waals surface area (Å²) in [5.41, 5.74) is 0. The minimum Gasteiger partial charge on any atom is -0.396 e. The summed E-state index contributed by atoms with van der Waals surface area (Å²) in [7, 11) is 0. The molecule has 3 unspecified atom stereocenters. The van der Waals surface area contributed by atoms with Gasteiger partial charge in [0.25, 0.3) is 0 Å². The van der Waals surface area contributed by atoms with Crippen LogP contribution >= 0.6 is 0 Å². The smallest absolute Gasteiger partial charge is 0.0620 e. The van der Waals surface area contributed by atoms with Gasteiger partial charge in [0.1, 0.15) is 0 Å². The molecule has 0 bridgehead atoms. The molecule has 96 valence electrons. The first-order valence-electron chi connectivity index (χ1n) is 6.40. The Hall–Kier alpha value is -0.160. The molecule has 0 spiro atoms. The van der Waals surface area contributed by atoms with Crippen molar-refractivity contribution < 1.29 is 9.84 Å². The normalized spacial score (nSPS) is 25.3. The van der Waals surface area contributed by atoms with Crippen LogP contribution in [0.2, 0.25) is 0 Å². The lowest BCUT2D eigenvalue weighted by Crippen LogP contribution is -2.46. The zero-order valence-electron chi connectivity index (χ0n) is 10.5. The van der Waals surface area contributed by atoms with E-state index in [0.29, 0.717) is 24.7 Å². The van der Waals surface area contributed by atoms with E-state index in [-0.39, 0.29) is 0 Å². The summed E-state index contributed by atoms with van der Waals surface area (Å²) in [4.78, 5) is 0. The molecular weight excluding hydrogens is 204 g/mol. The molecule has 1 saturated heterocycles. The monoisotopic (exact) mass is 230 g/mol. The molecule has 1 rings (SSSR count). The fourth-order valence-electron chi connectivity index (χ4n) is 2.23. The Morgan fingerprint density at radius 2 is 2.25 bits per heavy atom. The molecule has 1 fully saturated rings. The maximum absolute atomic E-state index is 8.76. The van der Waals surface area contributed by atoms with Crippen LogP contribution in [0.4, 0.5) is 0 Å². The van der Waals surface area contributed by atoms with E-state index >= 15 is 0 Å². The Labute approximate surface area is 98.8 Å². The second kappa shape index (κ2) is 8.01. The summed E-state index contributed by atoms with van der Waals surface area (Å²) in [5.74, 6) is 0. The van der Waals surface area contributed by atoms with Gasteiger partial charge in [-0.05, 0) is 33.1 Å². The number of ether oxygens (including phenoxy) is 1. The molecule has 1 aliphatic heterocycles. The van der Waals surface area contributed by atoms with Crippen molar-refractivity contribution in [2.24, 2.45) is 0 Å². The van der Waals surface area contributed by atoms with Crippen LogP contribution < -0.4 is 10.6 Å². The number of aliphatic hydroxyl groups excluding tert-OH is 1. The van der Waals surface area contributed by atoms with Gasteiger partial charge in [-0.1, -0.05) is 0 Å². The van der Waals surface area contributed by atoms with Gasteiger partial charge in [0.15, 0.2) is 0 Å². The molecule has 0 amide bonds. The Morgan fingerprint density at radius 1 is 1.44 bits per heavy atom. The van der Waals surface area contributed by atoms with Crippen LogP contribution in [-0.2, 0) is 4.74 Å². The average molecular weight is 230 g/mol. The summed E-state index contributed by atoms with van der Waals surface area (Å²) in [5, 5.41) is 15.8. The lowest BCUT2D eigenvalue weighted by molar-refractivity contribution is 0.0707. The predicted octanol–water partition coefficient (Wildman–Crippen LogP) is 0.504. The van der Waals surface area contributed by atoms with E-state index < -0.39 is 0 Å². The minimum absolute atomic E-state index is 0.290. The molecule has 3 atom stereocenters. The number of morpholine rings is 1. The molecule has 1 aliphatic rings. The number of aliphatic hydroxyl groups is 1. The maximum atomic E-state index is 8.76. The summed E-state index contributed by atoms with van der Waals surface area (Å²) in [6.45, 7) is 7.32. The quantitative estimate of drug-likeness (QED) is 0.596. The topological polar surface area (TPSA) is 53.5 Å². The van der Waals surface area contributed by atoms with Gasteiger partial charge in [-0.25, -0.2) is 0 Å². The van der Waals surface area contributed by atoms with E-state index in [0.717, 1.165) is 39.0 Å². The maximum Gasteiger partial charge on any atom is 0.0620 e. The van der Waals surface area contributed by atoms with Crippen LogP contribution in [0.1, 0.15) is 33.1 Å². The highest BCUT2D eigenvalue weighted by molar-refractivity contribution is 4.77. The van der Waals surface area contributed by atoms with Gasteiger partial charge in [-0.15, -0.1) is 0 Å². The van der Waals surface area contributed by atoms with Gasteiger partial charge >= 0.3 is 0 Å². The Bertz CT molecular complexity index is 172. The highest BCUT2D eigenvalue weighted by atomic mass is 16.5. The van der Waals surface area contributed by atoms with Crippen molar-refractivity contribution >= 4 is 0 Å². The van der Waals surface area contributed by atoms with Gasteiger partial charge in [0.2, 0.25) is 0 Å². The van der Waals surface area contributed by atoms with Crippen molar-refractivity contribution in [3.63, 3.8) is 0 Å². The first-order valence-corrected chi connectivity index (χ1v) is 6.40. The van der Waals surface area contributed by atoms with Crippen molar-refractivity contribution in [3.05, 3.63) is 0 Å². The zero-order chi connectivity index (χ0) is 11.8. The highest BCUT2D eigenvalue weighted by Crippen LogP contribution is 2.05. The van der Waals surface area contributed by atoms with Crippen molar-refractivity contribution in [3.8, 4) is 0 Å². The molecule has 0 aromatic carbocycles. The van der Waals surface area contributed by atoms with E-state index in [4.69, 9.17) is 9.84 Å². The van der Waals surface area contributed by atoms with Gasteiger partial charge in [-0.2, -0.15) is 0 Å². The van der Waals surface area contributed by atoms with Crippen LogP contribution in [0.25, 0.3) is 0 Å². The van der Waals surface area contributed by atoms with Crippen LogP contribution in [0.15, 0.2) is 0 Å². The Kier molecular flexibility index (Phi) is 6.96. The first kappa shape index (κ1) is 13.9. The molecule has 4 heteroatoms. The number of rotatable bonds is 7. The summed E-state index contributed by atoms with van der Waals surface area (Å²) in [6, 6.07) is 1.46. The van der Waals surface area contributed by atoms with E-state index in [2.05, 4.69) is 24.5 Å². The standard InChI is InChI=1S/C12H26N2O2/c1-10(4-3-6-15)14-11(2)8-12-9-16-7-5-13-12/h10-15H,3-9H2,1-2H3. The second-order valence-electron chi connectivity index (χ2n) is 4.80. The molecule has 1 heterocycles. The second-order valence-corrected chi connectivity index (χ2v) is 4.80. The third-order valence-corrected chi connectivity index (χ3v) is 3.00. The number of nitrogens with one attached hydrogen (secondary N) is 2. The largest absolute Gasteiger partial charge is 0.396 e. The van der Waals surface area contributed by atoms with Crippen LogP contribution in [0.3, 0.4) is 0 Å². The van der Waals surface area contributed by atoms with Crippen molar-refractivity contribution in [2.45, 2.75) is 51.2 Å². The third-order valence-electron chi connectivity index (χ3n) is 3.00. The van der Waals surface area contributed by atoms with Gasteiger partial charge in [-0.3, -0.25) is 0 Å². The average Bonchev–Trinajstić information content (AvgIpc) is 2.27. The lowest BCUT2D eigenvalue weighted by atomic mass is 10.1. The van der Waals surface area contributed by atoms with E-state index in [1.54, 1.807) is 0 Å². The number of hydrogen-bond donors (Lipinski definition) is 3. The zero-order valence-corrected chi connectivity index (χ0v) is 10.5. The van der Waals surface area contributed by atoms with E-state index in [9.17, 15) is 0 Å². The van der Waals surface area contributed by atoms with Gasteiger partial charge in [0.05, 0.1) is 13.2 Å². The van der Waals surface area contributed by atoms with Crippen molar-refractivity contribution in [1.82, 2.24) is 10.6 Å². The Balaban J connectivity index is 2.11. The minimum atomic E-state index is 0.290. The highest BCUT2D eigenvalue weighted by Gasteiger charge is 2.16. The molecule has 0 aromatic rings. The summed E-state index contributed by atoms with van der Waals surface area (Å²) in [6.07, 6.45) is 3.02. The molecule has 0 aromatic heterocycles. The fourth-order valence-corrected chi connectivity index (χ4v) is 2.23. The summed E-state index contributed by atoms with van der Waals surface area (Å²) >= 11 is 0. The first-order chi connectivity index (χ1) is 7.72. The SMILES string of the molecule is CC(CCCO)NC(C)CC1COCCN1. The third kappa shape index (κ3) is 5.80. The van der Waals surface area contributed by atoms with Crippen LogP contribution in [0, 0.1) is 0 Å². The lowest BCUT2D eigenvalue weighted by Gasteiger charge is -2.28. The molecular formula is C12H26N2O2. The van der Waals surface area contributed by atoms with E-state index in [1.165, 1.54) is 0 Å². The molecule has 16 heavy (non-hydrogen) atoms. The molecule has 3 N–H and O–H groups in total.